The van der Waals surface area contributed by atoms with Crippen molar-refractivity contribution in [1.29, 1.82) is 5.26 Å². The van der Waals surface area contributed by atoms with E-state index in [9.17, 15) is 4.79 Å². The van der Waals surface area contributed by atoms with E-state index in [4.69, 9.17) is 10.00 Å². The first-order valence-corrected chi connectivity index (χ1v) is 5.10. The third-order valence-electron chi connectivity index (χ3n) is 2.27. The van der Waals surface area contributed by atoms with E-state index < -0.39 is 5.56 Å². The Morgan fingerprint density at radius 1 is 1.24 bits per heavy atom. The number of hydrogen-bond acceptors (Lipinski definition) is 3. The average Bonchev–Trinajstić information content (AvgIpc) is 2.37. The Morgan fingerprint density at radius 3 is 2.71 bits per heavy atom. The number of H-pyrrole nitrogens is 1. The first kappa shape index (κ1) is 11.0. The number of nitrogens with one attached hydrogen (secondary N) is 1. The van der Waals surface area contributed by atoms with Gasteiger partial charge in [-0.2, -0.15) is 5.26 Å². The fourth-order valence-corrected chi connectivity index (χ4v) is 1.42. The molecule has 0 aliphatic heterocycles. The lowest BCUT2D eigenvalue weighted by Crippen LogP contribution is -2.11. The van der Waals surface area contributed by atoms with E-state index in [1.165, 1.54) is 6.20 Å². The highest BCUT2D eigenvalue weighted by Gasteiger charge is 2.06. The number of hydrogen-bond donors (Lipinski definition) is 1. The van der Waals surface area contributed by atoms with Gasteiger partial charge in [0.2, 0.25) is 0 Å². The maximum Gasteiger partial charge on any atom is 0.269 e. The van der Waals surface area contributed by atoms with E-state index in [0.717, 1.165) is 5.56 Å². The van der Waals surface area contributed by atoms with Gasteiger partial charge in [-0.1, -0.05) is 30.3 Å². The molecular formula is C13H10N2O2. The van der Waals surface area contributed by atoms with Crippen molar-refractivity contribution in [2.45, 2.75) is 6.61 Å². The number of benzene rings is 1. The molecule has 2 rings (SSSR count). The second-order valence-electron chi connectivity index (χ2n) is 3.43. The van der Waals surface area contributed by atoms with Crippen molar-refractivity contribution in [2.75, 3.05) is 0 Å². The summed E-state index contributed by atoms with van der Waals surface area (Å²) in [7, 11) is 0. The monoisotopic (exact) mass is 226 g/mol. The highest BCUT2D eigenvalue weighted by Crippen LogP contribution is 2.14. The maximum absolute atomic E-state index is 11.3. The van der Waals surface area contributed by atoms with Gasteiger partial charge in [-0.05, 0) is 11.6 Å². The van der Waals surface area contributed by atoms with Gasteiger partial charge in [0, 0.05) is 6.20 Å². The fourth-order valence-electron chi connectivity index (χ4n) is 1.42. The molecule has 17 heavy (non-hydrogen) atoms. The van der Waals surface area contributed by atoms with E-state index >= 15 is 0 Å². The first-order valence-electron chi connectivity index (χ1n) is 5.10. The summed E-state index contributed by atoms with van der Waals surface area (Å²) in [5.41, 5.74) is 0.554. The van der Waals surface area contributed by atoms with Crippen LogP contribution in [0.15, 0.2) is 47.4 Å². The molecule has 0 unspecified atom stereocenters. The molecule has 0 spiro atoms. The molecule has 0 saturated heterocycles. The molecule has 0 bridgehead atoms. The van der Waals surface area contributed by atoms with Crippen LogP contribution in [0.1, 0.15) is 11.1 Å². The van der Waals surface area contributed by atoms with E-state index in [2.05, 4.69) is 4.98 Å². The van der Waals surface area contributed by atoms with Crippen LogP contribution in [0.3, 0.4) is 0 Å². The van der Waals surface area contributed by atoms with Gasteiger partial charge in [-0.15, -0.1) is 0 Å². The summed E-state index contributed by atoms with van der Waals surface area (Å²) in [6.07, 6.45) is 1.46. The van der Waals surface area contributed by atoms with Gasteiger partial charge < -0.3 is 9.72 Å². The van der Waals surface area contributed by atoms with E-state index in [1.807, 2.05) is 36.4 Å². The summed E-state index contributed by atoms with van der Waals surface area (Å²) in [4.78, 5) is 13.8. The Bertz CT molecular complexity index is 597. The third kappa shape index (κ3) is 2.52. The molecule has 0 atom stereocenters. The van der Waals surface area contributed by atoms with E-state index in [-0.39, 0.29) is 5.56 Å². The number of nitriles is 1. The number of aromatic amines is 1. The summed E-state index contributed by atoms with van der Waals surface area (Å²) < 4.78 is 5.45. The van der Waals surface area contributed by atoms with Crippen LogP contribution in [-0.4, -0.2) is 4.98 Å². The lowest BCUT2D eigenvalue weighted by Gasteiger charge is -2.06. The molecule has 1 N–H and O–H groups in total. The number of rotatable bonds is 3. The van der Waals surface area contributed by atoms with Gasteiger partial charge in [0.15, 0.2) is 5.56 Å². The van der Waals surface area contributed by atoms with Crippen LogP contribution in [0, 0.1) is 11.3 Å². The van der Waals surface area contributed by atoms with Gasteiger partial charge in [0.25, 0.3) is 5.56 Å². The quantitative estimate of drug-likeness (QED) is 0.868. The van der Waals surface area contributed by atoms with Crippen LogP contribution < -0.4 is 10.3 Å². The predicted octanol–water partition coefficient (Wildman–Crippen LogP) is 1.83. The van der Waals surface area contributed by atoms with Crippen molar-refractivity contribution in [3.63, 3.8) is 0 Å². The van der Waals surface area contributed by atoms with Crippen molar-refractivity contribution < 1.29 is 4.74 Å². The molecule has 0 aliphatic rings. The SMILES string of the molecule is N#Cc1c(OCc2ccccc2)cc[nH]c1=O. The second-order valence-corrected chi connectivity index (χ2v) is 3.43. The second kappa shape index (κ2) is 4.99. The summed E-state index contributed by atoms with van der Waals surface area (Å²) in [6, 6.07) is 13.0. The summed E-state index contributed by atoms with van der Waals surface area (Å²) >= 11 is 0. The normalized spacial score (nSPS) is 9.59. The molecule has 4 heteroatoms. The molecule has 0 saturated carbocycles. The molecule has 0 amide bonds. The van der Waals surface area contributed by atoms with Crippen LogP contribution in [0.4, 0.5) is 0 Å². The highest BCUT2D eigenvalue weighted by molar-refractivity contribution is 5.40. The largest absolute Gasteiger partial charge is 0.487 e. The Balaban J connectivity index is 2.18. The molecule has 1 aromatic carbocycles. The van der Waals surface area contributed by atoms with Crippen LogP contribution in [0.5, 0.6) is 5.75 Å². The van der Waals surface area contributed by atoms with Crippen LogP contribution in [0.2, 0.25) is 0 Å². The van der Waals surface area contributed by atoms with Crippen LogP contribution in [-0.2, 0) is 6.61 Å². The van der Waals surface area contributed by atoms with Crippen LogP contribution in [0.25, 0.3) is 0 Å². The van der Waals surface area contributed by atoms with Crippen molar-refractivity contribution in [2.24, 2.45) is 0 Å². The van der Waals surface area contributed by atoms with Crippen molar-refractivity contribution in [3.05, 3.63) is 64.1 Å². The lowest BCUT2D eigenvalue weighted by molar-refractivity contribution is 0.304. The number of ether oxygens (including phenoxy) is 1. The fraction of sp³-hybridized carbons (Fsp3) is 0.0769. The van der Waals surface area contributed by atoms with Crippen LogP contribution >= 0.6 is 0 Å². The minimum atomic E-state index is -0.432. The Kier molecular flexibility index (Phi) is 3.22. The zero-order valence-electron chi connectivity index (χ0n) is 9.01. The molecule has 0 radical (unpaired) electrons. The van der Waals surface area contributed by atoms with Crippen molar-refractivity contribution in [1.82, 2.24) is 4.98 Å². The first-order chi connectivity index (χ1) is 8.31. The minimum Gasteiger partial charge on any atom is -0.487 e. The highest BCUT2D eigenvalue weighted by atomic mass is 16.5. The summed E-state index contributed by atoms with van der Waals surface area (Å²) in [6.45, 7) is 0.332. The maximum atomic E-state index is 11.3. The van der Waals surface area contributed by atoms with E-state index in [1.54, 1.807) is 6.07 Å². The van der Waals surface area contributed by atoms with Gasteiger partial charge in [0.1, 0.15) is 18.4 Å². The summed E-state index contributed by atoms with van der Waals surface area (Å²) in [5.74, 6) is 0.306. The number of pyridine rings is 1. The summed E-state index contributed by atoms with van der Waals surface area (Å²) in [5, 5.41) is 8.85. The van der Waals surface area contributed by atoms with Crippen molar-refractivity contribution >= 4 is 0 Å². The molecular weight excluding hydrogens is 216 g/mol. The van der Waals surface area contributed by atoms with Crippen molar-refractivity contribution in [3.8, 4) is 11.8 Å². The smallest absolute Gasteiger partial charge is 0.269 e. The third-order valence-corrected chi connectivity index (χ3v) is 2.27. The zero-order chi connectivity index (χ0) is 12.1. The molecule has 1 heterocycles. The molecule has 1 aromatic heterocycles. The van der Waals surface area contributed by atoms with Gasteiger partial charge >= 0.3 is 0 Å². The van der Waals surface area contributed by atoms with Gasteiger partial charge in [-0.3, -0.25) is 4.79 Å². The lowest BCUT2D eigenvalue weighted by atomic mass is 10.2. The standard InChI is InChI=1S/C13H10N2O2/c14-8-11-12(6-7-15-13(11)16)17-9-10-4-2-1-3-5-10/h1-7H,9H2,(H,15,16). The average molecular weight is 226 g/mol. The van der Waals surface area contributed by atoms with Gasteiger partial charge in [-0.25, -0.2) is 0 Å². The molecule has 0 aliphatic carbocycles. The predicted molar refractivity (Wildman–Crippen MR) is 62.6 cm³/mol. The number of aromatic nitrogens is 1. The van der Waals surface area contributed by atoms with Gasteiger partial charge in [0.05, 0.1) is 0 Å². The van der Waals surface area contributed by atoms with E-state index in [0.29, 0.717) is 12.4 Å². The molecule has 4 nitrogen and oxygen atoms in total. The Hall–Kier alpha value is -2.54. The topological polar surface area (TPSA) is 65.9 Å². The molecule has 84 valence electrons. The number of nitrogens with zero attached hydrogens (tertiary/aromatic N) is 1. The molecule has 0 fully saturated rings. The minimum absolute atomic E-state index is 0.00318. The molecule has 2 aromatic rings. The Labute approximate surface area is 98.1 Å². The zero-order valence-corrected chi connectivity index (χ0v) is 9.01. The Morgan fingerprint density at radius 2 is 2.00 bits per heavy atom.